The molecule has 0 bridgehead atoms. The van der Waals surface area contributed by atoms with Crippen LogP contribution in [0.15, 0.2) is 30.6 Å². The average Bonchev–Trinajstić information content (AvgIpc) is 3.27. The minimum Gasteiger partial charge on any atom is -0.380 e. The van der Waals surface area contributed by atoms with Gasteiger partial charge in [0.1, 0.15) is 18.0 Å². The number of aryl methyl sites for hydroxylation is 2. The molecule has 3 aromatic rings. The summed E-state index contributed by atoms with van der Waals surface area (Å²) in [7, 11) is 5.84. The average molecular weight is 326 g/mol. The van der Waals surface area contributed by atoms with Crippen LogP contribution in [-0.4, -0.2) is 49.0 Å². The standard InChI is InChI=1S/C17H22N6O/c1-21-11-18-20-17(21)15-8-12(24-3)9-23(15)10-16-19-13-6-4-5-7-14(13)22(16)2/h4-7,11-12,15H,8-10H2,1-3H3/t12-,15+/m1/s1. The molecule has 1 fully saturated rings. The van der Waals surface area contributed by atoms with E-state index in [-0.39, 0.29) is 12.1 Å². The Morgan fingerprint density at radius 2 is 2.08 bits per heavy atom. The van der Waals surface area contributed by atoms with Crippen molar-refractivity contribution < 1.29 is 4.74 Å². The molecule has 2 atom stereocenters. The van der Waals surface area contributed by atoms with Crippen molar-refractivity contribution in [2.45, 2.75) is 25.1 Å². The molecule has 1 aliphatic heterocycles. The van der Waals surface area contributed by atoms with E-state index in [1.807, 2.05) is 23.7 Å². The third kappa shape index (κ3) is 2.50. The van der Waals surface area contributed by atoms with Crippen LogP contribution in [0.2, 0.25) is 0 Å². The van der Waals surface area contributed by atoms with E-state index in [0.717, 1.165) is 42.2 Å². The number of rotatable bonds is 4. The van der Waals surface area contributed by atoms with Crippen LogP contribution in [0.25, 0.3) is 11.0 Å². The van der Waals surface area contributed by atoms with Crippen molar-refractivity contribution in [3.8, 4) is 0 Å². The van der Waals surface area contributed by atoms with E-state index >= 15 is 0 Å². The number of fused-ring (bicyclic) bond motifs is 1. The Morgan fingerprint density at radius 1 is 1.25 bits per heavy atom. The third-order valence-corrected chi connectivity index (χ3v) is 4.97. The lowest BCUT2D eigenvalue weighted by Gasteiger charge is -2.22. The summed E-state index contributed by atoms with van der Waals surface area (Å²) in [5.41, 5.74) is 2.19. The van der Waals surface area contributed by atoms with Gasteiger partial charge in [-0.1, -0.05) is 12.1 Å². The molecule has 1 aliphatic rings. The van der Waals surface area contributed by atoms with E-state index < -0.39 is 0 Å². The Labute approximate surface area is 140 Å². The van der Waals surface area contributed by atoms with Crippen LogP contribution in [0.3, 0.4) is 0 Å². The first-order chi connectivity index (χ1) is 11.7. The number of para-hydroxylation sites is 2. The highest BCUT2D eigenvalue weighted by molar-refractivity contribution is 5.75. The van der Waals surface area contributed by atoms with Crippen LogP contribution < -0.4 is 0 Å². The van der Waals surface area contributed by atoms with E-state index in [2.05, 4.69) is 38.8 Å². The highest BCUT2D eigenvalue weighted by Crippen LogP contribution is 2.33. The van der Waals surface area contributed by atoms with Crippen molar-refractivity contribution in [1.82, 2.24) is 29.2 Å². The second-order valence-corrected chi connectivity index (χ2v) is 6.41. The molecule has 4 rings (SSSR count). The summed E-state index contributed by atoms with van der Waals surface area (Å²) in [4.78, 5) is 7.19. The van der Waals surface area contributed by atoms with Crippen LogP contribution in [-0.2, 0) is 25.4 Å². The quantitative estimate of drug-likeness (QED) is 0.730. The predicted octanol–water partition coefficient (Wildman–Crippen LogP) is 1.66. The maximum Gasteiger partial charge on any atom is 0.150 e. The van der Waals surface area contributed by atoms with Gasteiger partial charge >= 0.3 is 0 Å². The van der Waals surface area contributed by atoms with Gasteiger partial charge in [-0.05, 0) is 18.6 Å². The summed E-state index contributed by atoms with van der Waals surface area (Å²) in [6.07, 6.45) is 2.89. The molecule has 0 amide bonds. The Hall–Kier alpha value is -2.25. The summed E-state index contributed by atoms with van der Waals surface area (Å²) in [5.74, 6) is 2.04. The summed E-state index contributed by atoms with van der Waals surface area (Å²) < 4.78 is 9.77. The molecule has 1 saturated heterocycles. The lowest BCUT2D eigenvalue weighted by atomic mass is 10.2. The molecule has 1 aromatic carbocycles. The van der Waals surface area contributed by atoms with E-state index in [4.69, 9.17) is 9.72 Å². The molecule has 0 radical (unpaired) electrons. The number of nitrogens with zero attached hydrogens (tertiary/aromatic N) is 6. The lowest BCUT2D eigenvalue weighted by Crippen LogP contribution is -2.27. The largest absolute Gasteiger partial charge is 0.380 e. The number of benzene rings is 1. The normalized spacial score (nSPS) is 21.8. The van der Waals surface area contributed by atoms with Gasteiger partial charge < -0.3 is 13.9 Å². The first-order valence-corrected chi connectivity index (χ1v) is 8.18. The first kappa shape index (κ1) is 15.3. The molecule has 24 heavy (non-hydrogen) atoms. The zero-order chi connectivity index (χ0) is 16.7. The SMILES string of the molecule is CO[C@@H]1C[C@@H](c2nncn2C)N(Cc2nc3ccccc3n2C)C1. The fraction of sp³-hybridized carbons (Fsp3) is 0.471. The Kier molecular flexibility index (Phi) is 3.82. The molecule has 3 heterocycles. The van der Waals surface area contributed by atoms with E-state index in [1.165, 1.54) is 0 Å². The second kappa shape index (κ2) is 5.99. The molecule has 0 saturated carbocycles. The van der Waals surface area contributed by atoms with Crippen molar-refractivity contribution in [2.24, 2.45) is 14.1 Å². The topological polar surface area (TPSA) is 61.0 Å². The van der Waals surface area contributed by atoms with Gasteiger partial charge in [0.05, 0.1) is 29.7 Å². The van der Waals surface area contributed by atoms with Crippen LogP contribution in [0, 0.1) is 0 Å². The van der Waals surface area contributed by atoms with Gasteiger partial charge in [0.2, 0.25) is 0 Å². The number of ether oxygens (including phenoxy) is 1. The molecule has 0 aliphatic carbocycles. The number of aromatic nitrogens is 5. The molecule has 7 heteroatoms. The Balaban J connectivity index is 1.65. The van der Waals surface area contributed by atoms with Gasteiger partial charge in [0, 0.05) is 27.7 Å². The van der Waals surface area contributed by atoms with Crippen molar-refractivity contribution in [1.29, 1.82) is 0 Å². The van der Waals surface area contributed by atoms with E-state index in [1.54, 1.807) is 13.4 Å². The van der Waals surface area contributed by atoms with Gasteiger partial charge in [-0.15, -0.1) is 10.2 Å². The maximum absolute atomic E-state index is 5.61. The van der Waals surface area contributed by atoms with Crippen molar-refractivity contribution >= 4 is 11.0 Å². The van der Waals surface area contributed by atoms with E-state index in [9.17, 15) is 0 Å². The third-order valence-electron chi connectivity index (χ3n) is 4.97. The van der Waals surface area contributed by atoms with Gasteiger partial charge in [0.15, 0.2) is 0 Å². The number of hydrogen-bond acceptors (Lipinski definition) is 5. The van der Waals surface area contributed by atoms with Gasteiger partial charge in [-0.25, -0.2) is 4.98 Å². The molecule has 2 aromatic heterocycles. The fourth-order valence-corrected chi connectivity index (χ4v) is 3.59. The van der Waals surface area contributed by atoms with Crippen molar-refractivity contribution in [3.05, 3.63) is 42.2 Å². The number of imidazole rings is 1. The molecular weight excluding hydrogens is 304 g/mol. The lowest BCUT2D eigenvalue weighted by molar-refractivity contribution is 0.107. The van der Waals surface area contributed by atoms with Crippen molar-refractivity contribution in [2.75, 3.05) is 13.7 Å². The zero-order valence-electron chi connectivity index (χ0n) is 14.3. The highest BCUT2D eigenvalue weighted by atomic mass is 16.5. The summed E-state index contributed by atoms with van der Waals surface area (Å²) in [6, 6.07) is 8.43. The van der Waals surface area contributed by atoms with Gasteiger partial charge in [0.25, 0.3) is 0 Å². The van der Waals surface area contributed by atoms with Gasteiger partial charge in [-0.2, -0.15) is 0 Å². The monoisotopic (exact) mass is 326 g/mol. The van der Waals surface area contributed by atoms with Crippen LogP contribution in [0.1, 0.15) is 24.1 Å². The maximum atomic E-state index is 5.61. The molecule has 0 unspecified atom stereocenters. The summed E-state index contributed by atoms with van der Waals surface area (Å²) >= 11 is 0. The van der Waals surface area contributed by atoms with Crippen LogP contribution in [0.4, 0.5) is 0 Å². The minimum absolute atomic E-state index is 0.197. The zero-order valence-corrected chi connectivity index (χ0v) is 14.3. The molecule has 126 valence electrons. The Morgan fingerprint density at radius 3 is 2.79 bits per heavy atom. The fourth-order valence-electron chi connectivity index (χ4n) is 3.59. The molecule has 7 nitrogen and oxygen atoms in total. The second-order valence-electron chi connectivity index (χ2n) is 6.41. The number of methoxy groups -OCH3 is 1. The van der Waals surface area contributed by atoms with E-state index in [0.29, 0.717) is 0 Å². The first-order valence-electron chi connectivity index (χ1n) is 8.18. The molecular formula is C17H22N6O. The summed E-state index contributed by atoms with van der Waals surface area (Å²) in [5, 5.41) is 8.35. The van der Waals surface area contributed by atoms with Crippen LogP contribution in [0.5, 0.6) is 0 Å². The minimum atomic E-state index is 0.197. The summed E-state index contributed by atoms with van der Waals surface area (Å²) in [6.45, 7) is 1.64. The van der Waals surface area contributed by atoms with Crippen LogP contribution >= 0.6 is 0 Å². The van der Waals surface area contributed by atoms with Gasteiger partial charge in [-0.3, -0.25) is 4.90 Å². The highest BCUT2D eigenvalue weighted by Gasteiger charge is 2.36. The predicted molar refractivity (Wildman–Crippen MR) is 90.3 cm³/mol. The number of likely N-dealkylation sites (tertiary alicyclic amines) is 1. The smallest absolute Gasteiger partial charge is 0.150 e. The molecule has 0 N–H and O–H groups in total. The number of hydrogen-bond donors (Lipinski definition) is 0. The molecule has 0 spiro atoms. The Bertz CT molecular complexity index is 854. The van der Waals surface area contributed by atoms with Crippen molar-refractivity contribution in [3.63, 3.8) is 0 Å².